The number of carbonyl (C=O) groups excluding carboxylic acids is 1. The zero-order chi connectivity index (χ0) is 17.4. The van der Waals surface area contributed by atoms with Crippen molar-refractivity contribution < 1.29 is 23.5 Å². The molecule has 0 spiro atoms. The van der Waals surface area contributed by atoms with Crippen molar-refractivity contribution >= 4 is 23.2 Å². The predicted molar refractivity (Wildman–Crippen MR) is 86.8 cm³/mol. The number of fused-ring (bicyclic) bond motifs is 1. The molecule has 132 valence electrons. The molecule has 2 N–H and O–H groups in total. The van der Waals surface area contributed by atoms with Gasteiger partial charge in [0.1, 0.15) is 0 Å². The predicted octanol–water partition coefficient (Wildman–Crippen LogP) is 3.64. The molecule has 1 aromatic heterocycles. The third-order valence-electron chi connectivity index (χ3n) is 4.96. The van der Waals surface area contributed by atoms with Crippen LogP contribution in [0.5, 0.6) is 0 Å². The number of thiophene rings is 1. The van der Waals surface area contributed by atoms with Crippen LogP contribution in [0.3, 0.4) is 0 Å². The number of rotatable bonds is 4. The molecule has 24 heavy (non-hydrogen) atoms. The van der Waals surface area contributed by atoms with Crippen molar-refractivity contribution in [1.82, 2.24) is 5.32 Å². The van der Waals surface area contributed by atoms with Crippen molar-refractivity contribution in [3.8, 4) is 0 Å². The highest BCUT2D eigenvalue weighted by atomic mass is 32.1. The van der Waals surface area contributed by atoms with Gasteiger partial charge in [-0.1, -0.05) is 12.8 Å². The summed E-state index contributed by atoms with van der Waals surface area (Å²) in [6.07, 6.45) is 5.14. The largest absolute Gasteiger partial charge is 0.481 e. The van der Waals surface area contributed by atoms with Crippen LogP contribution in [0.1, 0.15) is 58.6 Å². The molecule has 1 aromatic rings. The number of carboxylic acid groups (broad SMARTS) is 1. The van der Waals surface area contributed by atoms with Crippen LogP contribution in [0.4, 0.5) is 8.78 Å². The van der Waals surface area contributed by atoms with Gasteiger partial charge in [0.05, 0.1) is 10.3 Å². The molecule has 0 atom stereocenters. The third-order valence-corrected chi connectivity index (χ3v) is 6.19. The molecule has 0 aromatic carbocycles. The number of halogens is 2. The average molecular weight is 357 g/mol. The smallest absolute Gasteiger partial charge is 0.311 e. The third kappa shape index (κ3) is 3.45. The summed E-state index contributed by atoms with van der Waals surface area (Å²) >= 11 is 1.44. The van der Waals surface area contributed by atoms with Crippen molar-refractivity contribution in [2.45, 2.75) is 57.3 Å². The van der Waals surface area contributed by atoms with E-state index in [-0.39, 0.29) is 12.5 Å². The Hall–Kier alpha value is -1.50. The molecule has 2 aliphatic rings. The molecular weight excluding hydrogens is 336 g/mol. The molecule has 1 heterocycles. The maximum absolute atomic E-state index is 13.1. The molecule has 3 rings (SSSR count). The van der Waals surface area contributed by atoms with Gasteiger partial charge in [0.25, 0.3) is 11.8 Å². The monoisotopic (exact) mass is 357 g/mol. The van der Waals surface area contributed by atoms with Gasteiger partial charge >= 0.3 is 5.97 Å². The number of hydrogen-bond acceptors (Lipinski definition) is 3. The maximum Gasteiger partial charge on any atom is 0.311 e. The van der Waals surface area contributed by atoms with Crippen molar-refractivity contribution in [1.29, 1.82) is 0 Å². The van der Waals surface area contributed by atoms with Gasteiger partial charge in [-0.3, -0.25) is 9.59 Å². The van der Waals surface area contributed by atoms with Crippen LogP contribution in [0.25, 0.3) is 0 Å². The summed E-state index contributed by atoms with van der Waals surface area (Å²) in [6, 6.07) is 1.88. The Morgan fingerprint density at radius 3 is 2.46 bits per heavy atom. The number of nitrogens with one attached hydrogen (secondary N) is 1. The molecule has 0 bridgehead atoms. The molecule has 1 amide bonds. The minimum Gasteiger partial charge on any atom is -0.481 e. The zero-order valence-electron chi connectivity index (χ0n) is 13.4. The Balaban J connectivity index is 1.65. The number of aliphatic carboxylic acids is 1. The van der Waals surface area contributed by atoms with E-state index in [2.05, 4.69) is 5.32 Å². The van der Waals surface area contributed by atoms with E-state index in [9.17, 15) is 23.5 Å². The summed E-state index contributed by atoms with van der Waals surface area (Å²) in [5.41, 5.74) is -0.335. The molecule has 0 radical (unpaired) electrons. The summed E-state index contributed by atoms with van der Waals surface area (Å²) < 4.78 is 26.2. The SMILES string of the molecule is O=C(NCC1(C(=O)O)CC(F)(F)C1)c1cc2c(s1)CCCCCC2. The van der Waals surface area contributed by atoms with Crippen LogP contribution >= 0.6 is 11.3 Å². The van der Waals surface area contributed by atoms with Gasteiger partial charge in [0.15, 0.2) is 0 Å². The summed E-state index contributed by atoms with van der Waals surface area (Å²) in [5.74, 6) is -4.57. The fourth-order valence-corrected chi connectivity index (χ4v) is 4.75. The van der Waals surface area contributed by atoms with Gasteiger partial charge in [-0.15, -0.1) is 11.3 Å². The summed E-state index contributed by atoms with van der Waals surface area (Å²) in [4.78, 5) is 25.4. The molecule has 1 saturated carbocycles. The highest BCUT2D eigenvalue weighted by Gasteiger charge is 2.61. The van der Waals surface area contributed by atoms with Crippen LogP contribution in [0, 0.1) is 5.41 Å². The molecular formula is C17H21F2NO3S. The van der Waals surface area contributed by atoms with E-state index in [0.717, 1.165) is 25.7 Å². The lowest BCUT2D eigenvalue weighted by atomic mass is 9.66. The van der Waals surface area contributed by atoms with Crippen molar-refractivity contribution in [3.05, 3.63) is 21.4 Å². The van der Waals surface area contributed by atoms with Crippen LogP contribution in [-0.2, 0) is 17.6 Å². The number of amides is 1. The second-order valence-corrected chi connectivity index (χ2v) is 8.09. The van der Waals surface area contributed by atoms with Gasteiger partial charge in [-0.25, -0.2) is 8.78 Å². The first-order chi connectivity index (χ1) is 11.3. The molecule has 1 fully saturated rings. The Morgan fingerprint density at radius 2 is 1.83 bits per heavy atom. The lowest BCUT2D eigenvalue weighted by molar-refractivity contribution is -0.192. The summed E-state index contributed by atoms with van der Waals surface area (Å²) in [6.45, 7) is -0.251. The van der Waals surface area contributed by atoms with Gasteiger partial charge in [0, 0.05) is 24.3 Å². The fraction of sp³-hybridized carbons (Fsp3) is 0.647. The Kier molecular flexibility index (Phi) is 4.64. The number of carbonyl (C=O) groups is 2. The van der Waals surface area contributed by atoms with E-state index in [1.54, 1.807) is 0 Å². The molecule has 2 aliphatic carbocycles. The second kappa shape index (κ2) is 6.43. The highest BCUT2D eigenvalue weighted by Crippen LogP contribution is 2.51. The molecule has 0 aliphatic heterocycles. The van der Waals surface area contributed by atoms with E-state index in [1.165, 1.54) is 34.6 Å². The Bertz CT molecular complexity index is 623. The topological polar surface area (TPSA) is 66.4 Å². The van der Waals surface area contributed by atoms with Crippen LogP contribution < -0.4 is 5.32 Å². The minimum absolute atomic E-state index is 0.251. The van der Waals surface area contributed by atoms with Crippen LogP contribution in [-0.4, -0.2) is 29.5 Å². The first-order valence-corrected chi connectivity index (χ1v) is 9.14. The van der Waals surface area contributed by atoms with Crippen molar-refractivity contribution in [3.63, 3.8) is 0 Å². The second-order valence-electron chi connectivity index (χ2n) is 6.95. The standard InChI is InChI=1S/C17H21F2NO3S/c18-17(19)8-16(9-17,15(22)23)10-20-14(21)13-7-11-5-3-1-2-4-6-12(11)24-13/h7H,1-6,8-10H2,(H,20,21)(H,22,23). The van der Waals surface area contributed by atoms with E-state index in [4.69, 9.17) is 0 Å². The zero-order valence-corrected chi connectivity index (χ0v) is 14.2. The van der Waals surface area contributed by atoms with Gasteiger partial charge < -0.3 is 10.4 Å². The maximum atomic E-state index is 13.1. The quantitative estimate of drug-likeness (QED) is 0.865. The Morgan fingerprint density at radius 1 is 1.17 bits per heavy atom. The summed E-state index contributed by atoms with van der Waals surface area (Å²) in [5, 5.41) is 11.8. The Labute approximate surface area is 143 Å². The van der Waals surface area contributed by atoms with Gasteiger partial charge in [-0.2, -0.15) is 0 Å². The van der Waals surface area contributed by atoms with Crippen molar-refractivity contribution in [2.24, 2.45) is 5.41 Å². The van der Waals surface area contributed by atoms with E-state index in [1.807, 2.05) is 6.07 Å². The number of alkyl halides is 2. The van der Waals surface area contributed by atoms with Gasteiger partial charge in [-0.05, 0) is 37.3 Å². The molecule has 0 unspecified atom stereocenters. The fourth-order valence-electron chi connectivity index (χ4n) is 3.58. The number of hydrogen-bond donors (Lipinski definition) is 2. The van der Waals surface area contributed by atoms with E-state index >= 15 is 0 Å². The van der Waals surface area contributed by atoms with Crippen molar-refractivity contribution in [2.75, 3.05) is 6.54 Å². The minimum atomic E-state index is -2.94. The first-order valence-electron chi connectivity index (χ1n) is 8.32. The summed E-state index contributed by atoms with van der Waals surface area (Å²) in [7, 11) is 0. The van der Waals surface area contributed by atoms with Crippen LogP contribution in [0.2, 0.25) is 0 Å². The normalized spacial score (nSPS) is 21.8. The lowest BCUT2D eigenvalue weighted by Gasteiger charge is -2.43. The van der Waals surface area contributed by atoms with E-state index in [0.29, 0.717) is 4.88 Å². The van der Waals surface area contributed by atoms with Gasteiger partial charge in [0.2, 0.25) is 0 Å². The number of aryl methyl sites for hydroxylation is 2. The average Bonchev–Trinajstić information content (AvgIpc) is 2.84. The lowest BCUT2D eigenvalue weighted by Crippen LogP contribution is -2.56. The van der Waals surface area contributed by atoms with Crippen LogP contribution in [0.15, 0.2) is 6.07 Å². The molecule has 0 saturated heterocycles. The first kappa shape index (κ1) is 17.3. The highest BCUT2D eigenvalue weighted by molar-refractivity contribution is 7.14. The molecule has 7 heteroatoms. The molecule has 4 nitrogen and oxygen atoms in total. The number of carboxylic acids is 1. The van der Waals surface area contributed by atoms with E-state index < -0.39 is 30.1 Å².